The summed E-state index contributed by atoms with van der Waals surface area (Å²) in [6.07, 6.45) is -4.59. The number of halogens is 3. The number of alkyl halides is 3. The number of carbonyl (C=O) groups is 2. The van der Waals surface area contributed by atoms with Crippen molar-refractivity contribution in [1.82, 2.24) is 4.90 Å². The maximum absolute atomic E-state index is 13.3. The van der Waals surface area contributed by atoms with E-state index in [-0.39, 0.29) is 41.4 Å². The number of ether oxygens (including phenoxy) is 2. The second-order valence-electron chi connectivity index (χ2n) is 8.74. The highest BCUT2D eigenvalue weighted by Crippen LogP contribution is 2.43. The normalized spacial score (nSPS) is 16.9. The molecule has 1 aliphatic heterocycles. The number of hydrogen-bond acceptors (Lipinski definition) is 6. The van der Waals surface area contributed by atoms with Crippen molar-refractivity contribution in [2.45, 2.75) is 32.6 Å². The van der Waals surface area contributed by atoms with Crippen LogP contribution in [0.5, 0.6) is 17.2 Å². The van der Waals surface area contributed by atoms with Crippen LogP contribution in [0.1, 0.15) is 42.1 Å². The summed E-state index contributed by atoms with van der Waals surface area (Å²) < 4.78 is 51.1. The van der Waals surface area contributed by atoms with E-state index in [4.69, 9.17) is 9.47 Å². The topological polar surface area (TPSA) is 96.3 Å². The molecule has 0 aromatic heterocycles. The van der Waals surface area contributed by atoms with Gasteiger partial charge in [0.25, 0.3) is 11.7 Å². The highest BCUT2D eigenvalue weighted by molar-refractivity contribution is 6.46. The molecule has 0 radical (unpaired) electrons. The number of ketones is 1. The van der Waals surface area contributed by atoms with Crippen molar-refractivity contribution in [3.63, 3.8) is 0 Å². The molecule has 0 aliphatic carbocycles. The molecule has 1 aliphatic rings. The number of hydrogen-bond donors (Lipinski definition) is 2. The van der Waals surface area contributed by atoms with Gasteiger partial charge in [0.1, 0.15) is 23.0 Å². The zero-order valence-electron chi connectivity index (χ0n) is 21.2. The molecule has 1 atom stereocenters. The molecule has 204 valence electrons. The monoisotopic (exact) mass is 541 g/mol. The Labute approximate surface area is 222 Å². The molecule has 1 saturated heterocycles. The molecule has 1 amide bonds. The number of Topliss-reactive ketones (excluding diaryl/α,β-unsaturated/α-hetero) is 1. The van der Waals surface area contributed by atoms with E-state index in [2.05, 4.69) is 0 Å². The Hall–Kier alpha value is -4.47. The summed E-state index contributed by atoms with van der Waals surface area (Å²) in [5.74, 6) is -1.89. The van der Waals surface area contributed by atoms with Gasteiger partial charge in [-0.1, -0.05) is 24.3 Å². The fourth-order valence-corrected chi connectivity index (χ4v) is 4.46. The number of aliphatic hydroxyl groups excluding tert-OH is 1. The number of carbonyl (C=O) groups excluding carboxylic acids is 2. The van der Waals surface area contributed by atoms with E-state index in [0.29, 0.717) is 17.9 Å². The van der Waals surface area contributed by atoms with E-state index in [1.165, 1.54) is 42.5 Å². The highest BCUT2D eigenvalue weighted by Gasteiger charge is 2.46. The number of aromatic hydroxyl groups is 1. The quantitative estimate of drug-likeness (QED) is 0.212. The van der Waals surface area contributed by atoms with Crippen molar-refractivity contribution in [3.8, 4) is 17.2 Å². The van der Waals surface area contributed by atoms with Crippen molar-refractivity contribution in [1.29, 1.82) is 0 Å². The molecule has 0 bridgehead atoms. The Morgan fingerprint density at radius 1 is 0.949 bits per heavy atom. The molecular weight excluding hydrogens is 515 g/mol. The predicted octanol–water partition coefficient (Wildman–Crippen LogP) is 5.83. The zero-order chi connectivity index (χ0) is 28.3. The van der Waals surface area contributed by atoms with Gasteiger partial charge < -0.3 is 24.6 Å². The van der Waals surface area contributed by atoms with Gasteiger partial charge in [-0.25, -0.2) is 0 Å². The lowest BCUT2D eigenvalue weighted by molar-refractivity contribution is -0.140. The van der Waals surface area contributed by atoms with Gasteiger partial charge in [0, 0.05) is 12.6 Å². The number of amides is 1. The molecule has 4 rings (SSSR count). The lowest BCUT2D eigenvalue weighted by atomic mass is 9.94. The van der Waals surface area contributed by atoms with Crippen LogP contribution in [-0.2, 0) is 22.3 Å². The third kappa shape index (κ3) is 5.69. The molecule has 10 heteroatoms. The molecule has 39 heavy (non-hydrogen) atoms. The first-order valence-corrected chi connectivity index (χ1v) is 12.2. The fraction of sp³-hybridized carbons (Fsp3) is 0.241. The number of rotatable bonds is 8. The van der Waals surface area contributed by atoms with E-state index in [0.717, 1.165) is 17.0 Å². The highest BCUT2D eigenvalue weighted by atomic mass is 19.4. The molecule has 1 heterocycles. The number of phenols is 1. The van der Waals surface area contributed by atoms with Gasteiger partial charge in [-0.05, 0) is 61.4 Å². The molecule has 3 aromatic rings. The largest absolute Gasteiger partial charge is 0.508 e. The van der Waals surface area contributed by atoms with E-state index in [9.17, 15) is 33.0 Å². The van der Waals surface area contributed by atoms with Gasteiger partial charge in [0.05, 0.1) is 36.0 Å². The number of likely N-dealkylation sites (tertiary alicyclic amines) is 1. The van der Waals surface area contributed by atoms with Gasteiger partial charge in [0.15, 0.2) is 0 Å². The average molecular weight is 542 g/mol. The number of nitrogens with zero attached hydrogens (tertiary/aromatic N) is 1. The number of phenolic OH excluding ortho intramolecular Hbond substituents is 1. The van der Waals surface area contributed by atoms with Crippen LogP contribution in [0.25, 0.3) is 5.76 Å². The minimum atomic E-state index is -4.59. The molecule has 0 saturated carbocycles. The maximum Gasteiger partial charge on any atom is 0.416 e. The second-order valence-corrected chi connectivity index (χ2v) is 8.74. The Morgan fingerprint density at radius 2 is 1.64 bits per heavy atom. The van der Waals surface area contributed by atoms with Crippen LogP contribution >= 0.6 is 0 Å². The van der Waals surface area contributed by atoms with Crippen LogP contribution < -0.4 is 9.47 Å². The van der Waals surface area contributed by atoms with Gasteiger partial charge in [-0.3, -0.25) is 9.59 Å². The summed E-state index contributed by atoms with van der Waals surface area (Å²) in [7, 11) is 0. The van der Waals surface area contributed by atoms with Gasteiger partial charge in [0.2, 0.25) is 0 Å². The van der Waals surface area contributed by atoms with Gasteiger partial charge in [-0.2, -0.15) is 13.2 Å². The smallest absolute Gasteiger partial charge is 0.416 e. The molecule has 1 unspecified atom stereocenters. The van der Waals surface area contributed by atoms with Crippen molar-refractivity contribution < 1.29 is 42.4 Å². The lowest BCUT2D eigenvalue weighted by Crippen LogP contribution is -2.29. The Bertz CT molecular complexity index is 1420. The second kappa shape index (κ2) is 11.1. The van der Waals surface area contributed by atoms with Crippen LogP contribution in [0.2, 0.25) is 0 Å². The van der Waals surface area contributed by atoms with E-state index in [1.807, 2.05) is 0 Å². The van der Waals surface area contributed by atoms with Crippen LogP contribution in [0.3, 0.4) is 0 Å². The molecule has 2 N–H and O–H groups in total. The minimum Gasteiger partial charge on any atom is -0.508 e. The first-order valence-electron chi connectivity index (χ1n) is 12.2. The average Bonchev–Trinajstić information content (AvgIpc) is 3.14. The summed E-state index contributed by atoms with van der Waals surface area (Å²) in [5, 5.41) is 21.2. The third-order valence-electron chi connectivity index (χ3n) is 6.18. The van der Waals surface area contributed by atoms with Crippen LogP contribution in [0, 0.1) is 0 Å². The SMILES string of the molecule is CCOc1ccc(/C(O)=C2/C(=O)C(=O)N(Cc3cccc(C(F)(F)F)c3)C2c2ccc(O)cc2)c(OCC)c1. The first-order chi connectivity index (χ1) is 18.5. The zero-order valence-corrected chi connectivity index (χ0v) is 21.2. The Balaban J connectivity index is 1.86. The van der Waals surface area contributed by atoms with Crippen LogP contribution in [0.15, 0.2) is 72.3 Å². The van der Waals surface area contributed by atoms with Crippen molar-refractivity contribution in [2.24, 2.45) is 0 Å². The number of benzene rings is 3. The van der Waals surface area contributed by atoms with Crippen molar-refractivity contribution in [3.05, 3.63) is 94.6 Å². The molecule has 7 nitrogen and oxygen atoms in total. The van der Waals surface area contributed by atoms with Gasteiger partial charge >= 0.3 is 6.18 Å². The summed E-state index contributed by atoms with van der Waals surface area (Å²) in [5.41, 5.74) is -0.506. The summed E-state index contributed by atoms with van der Waals surface area (Å²) in [6, 6.07) is 13.6. The fourth-order valence-electron chi connectivity index (χ4n) is 4.46. The van der Waals surface area contributed by atoms with E-state index >= 15 is 0 Å². The first kappa shape index (κ1) is 27.6. The molecule has 0 spiro atoms. The predicted molar refractivity (Wildman–Crippen MR) is 136 cm³/mol. The minimum absolute atomic E-state index is 0.0706. The summed E-state index contributed by atoms with van der Waals surface area (Å²) in [6.45, 7) is 3.83. The standard InChI is InChI=1S/C29H26F3NO6/c1-3-38-21-12-13-22(23(15-21)39-4-2)26(35)24-25(18-8-10-20(34)11-9-18)33(28(37)27(24)36)16-17-6-5-7-19(14-17)29(30,31)32/h5-15,25,34-35H,3-4,16H2,1-2H3/b26-24-. The lowest BCUT2D eigenvalue weighted by Gasteiger charge is -2.26. The van der Waals surface area contributed by atoms with Crippen molar-refractivity contribution in [2.75, 3.05) is 13.2 Å². The Kier molecular flexibility index (Phi) is 7.85. The molecular formula is C29H26F3NO6. The van der Waals surface area contributed by atoms with Crippen molar-refractivity contribution >= 4 is 17.4 Å². The number of aliphatic hydroxyl groups is 1. The Morgan fingerprint density at radius 3 is 2.28 bits per heavy atom. The molecule has 3 aromatic carbocycles. The molecule has 1 fully saturated rings. The summed E-state index contributed by atoms with van der Waals surface area (Å²) in [4.78, 5) is 27.7. The summed E-state index contributed by atoms with van der Waals surface area (Å²) >= 11 is 0. The van der Waals surface area contributed by atoms with Gasteiger partial charge in [-0.15, -0.1) is 0 Å². The van der Waals surface area contributed by atoms with Crippen LogP contribution in [0.4, 0.5) is 13.2 Å². The van der Waals surface area contributed by atoms with Crippen LogP contribution in [-0.4, -0.2) is 40.0 Å². The van der Waals surface area contributed by atoms with E-state index < -0.39 is 35.2 Å². The maximum atomic E-state index is 13.3. The third-order valence-corrected chi connectivity index (χ3v) is 6.18. The van der Waals surface area contributed by atoms with E-state index in [1.54, 1.807) is 26.0 Å².